The third-order valence-corrected chi connectivity index (χ3v) is 3.65. The molecular formula is C10H18N2S. The second-order valence-corrected chi connectivity index (χ2v) is 4.69. The molecule has 2 N–H and O–H groups in total. The quantitative estimate of drug-likeness (QED) is 0.660. The first-order chi connectivity index (χ1) is 6.29. The SMILES string of the molecule is CCNC(=S)N[C@H]1C[C@@H]2CC[C@@H]1C2. The van der Waals surface area contributed by atoms with Crippen LogP contribution in [0.4, 0.5) is 0 Å². The van der Waals surface area contributed by atoms with Crippen molar-refractivity contribution in [1.82, 2.24) is 10.6 Å². The molecule has 0 saturated heterocycles. The van der Waals surface area contributed by atoms with Crippen LogP contribution in [0.3, 0.4) is 0 Å². The standard InChI is InChI=1S/C10H18N2S/c1-2-11-10(13)12-9-6-7-3-4-8(9)5-7/h7-9H,2-6H2,1H3,(H2,11,12,13)/t7-,8-,9+/m1/s1. The topological polar surface area (TPSA) is 24.1 Å². The van der Waals surface area contributed by atoms with Gasteiger partial charge in [0.1, 0.15) is 0 Å². The lowest BCUT2D eigenvalue weighted by atomic mass is 9.96. The molecule has 0 aromatic rings. The Morgan fingerprint density at radius 3 is 2.77 bits per heavy atom. The van der Waals surface area contributed by atoms with Crippen LogP contribution in [0.15, 0.2) is 0 Å². The third-order valence-electron chi connectivity index (χ3n) is 3.39. The zero-order valence-corrected chi connectivity index (χ0v) is 8.99. The van der Waals surface area contributed by atoms with Crippen molar-refractivity contribution < 1.29 is 0 Å². The fourth-order valence-corrected chi connectivity index (χ4v) is 3.10. The van der Waals surface area contributed by atoms with E-state index in [9.17, 15) is 0 Å². The summed E-state index contributed by atoms with van der Waals surface area (Å²) in [6.07, 6.45) is 5.65. The molecule has 0 heterocycles. The van der Waals surface area contributed by atoms with Crippen LogP contribution in [0.2, 0.25) is 0 Å². The molecule has 0 radical (unpaired) electrons. The molecule has 0 amide bonds. The van der Waals surface area contributed by atoms with Crippen molar-refractivity contribution in [2.45, 2.75) is 38.6 Å². The second-order valence-electron chi connectivity index (χ2n) is 4.29. The van der Waals surface area contributed by atoms with Gasteiger partial charge >= 0.3 is 0 Å². The maximum atomic E-state index is 5.18. The van der Waals surface area contributed by atoms with E-state index in [0.717, 1.165) is 23.5 Å². The average molecular weight is 198 g/mol. The van der Waals surface area contributed by atoms with Crippen LogP contribution >= 0.6 is 12.2 Å². The van der Waals surface area contributed by atoms with Crippen LogP contribution < -0.4 is 10.6 Å². The van der Waals surface area contributed by atoms with Gasteiger partial charge in [-0.3, -0.25) is 0 Å². The first-order valence-electron chi connectivity index (χ1n) is 5.34. The lowest BCUT2D eigenvalue weighted by Crippen LogP contribution is -2.44. The van der Waals surface area contributed by atoms with Crippen molar-refractivity contribution in [3.05, 3.63) is 0 Å². The van der Waals surface area contributed by atoms with Crippen LogP contribution in [0.25, 0.3) is 0 Å². The van der Waals surface area contributed by atoms with Crippen LogP contribution in [0.1, 0.15) is 32.6 Å². The van der Waals surface area contributed by atoms with Crippen LogP contribution in [-0.4, -0.2) is 17.7 Å². The van der Waals surface area contributed by atoms with Crippen LogP contribution in [0, 0.1) is 11.8 Å². The summed E-state index contributed by atoms with van der Waals surface area (Å²) in [4.78, 5) is 0. The second kappa shape index (κ2) is 3.82. The molecule has 0 aromatic carbocycles. The molecule has 0 aromatic heterocycles. The number of rotatable bonds is 2. The minimum atomic E-state index is 0.672. The van der Waals surface area contributed by atoms with Crippen molar-refractivity contribution in [2.24, 2.45) is 11.8 Å². The Balaban J connectivity index is 1.79. The monoisotopic (exact) mass is 198 g/mol. The summed E-state index contributed by atoms with van der Waals surface area (Å²) in [5.41, 5.74) is 0. The molecule has 2 saturated carbocycles. The molecule has 0 aliphatic heterocycles. The summed E-state index contributed by atoms with van der Waals surface area (Å²) >= 11 is 5.18. The molecule has 0 spiro atoms. The van der Waals surface area contributed by atoms with Gasteiger partial charge in [-0.25, -0.2) is 0 Å². The van der Waals surface area contributed by atoms with Crippen molar-refractivity contribution in [2.75, 3.05) is 6.54 Å². The molecule has 0 unspecified atom stereocenters. The van der Waals surface area contributed by atoms with Gasteiger partial charge in [-0.15, -0.1) is 0 Å². The summed E-state index contributed by atoms with van der Waals surface area (Å²) < 4.78 is 0. The summed E-state index contributed by atoms with van der Waals surface area (Å²) in [7, 11) is 0. The highest BCUT2D eigenvalue weighted by Gasteiger charge is 2.39. The molecule has 2 bridgehead atoms. The molecule has 2 fully saturated rings. The molecular weight excluding hydrogens is 180 g/mol. The van der Waals surface area contributed by atoms with Gasteiger partial charge in [0, 0.05) is 12.6 Å². The normalized spacial score (nSPS) is 36.2. The molecule has 2 aliphatic rings. The minimum absolute atomic E-state index is 0.672. The maximum Gasteiger partial charge on any atom is 0.166 e. The zero-order chi connectivity index (χ0) is 9.26. The Bertz CT molecular complexity index is 205. The number of nitrogens with one attached hydrogen (secondary N) is 2. The van der Waals surface area contributed by atoms with E-state index in [1.165, 1.54) is 25.7 Å². The first-order valence-corrected chi connectivity index (χ1v) is 5.74. The Kier molecular flexibility index (Phi) is 2.72. The number of hydrogen-bond acceptors (Lipinski definition) is 1. The lowest BCUT2D eigenvalue weighted by Gasteiger charge is -2.24. The smallest absolute Gasteiger partial charge is 0.166 e. The van der Waals surface area contributed by atoms with E-state index in [2.05, 4.69) is 17.6 Å². The number of thiocarbonyl (C=S) groups is 1. The van der Waals surface area contributed by atoms with Crippen LogP contribution in [-0.2, 0) is 0 Å². The summed E-state index contributed by atoms with van der Waals surface area (Å²) in [6, 6.07) is 0.672. The van der Waals surface area contributed by atoms with Gasteiger partial charge in [0.15, 0.2) is 5.11 Å². The van der Waals surface area contributed by atoms with E-state index in [-0.39, 0.29) is 0 Å². The van der Waals surface area contributed by atoms with Gasteiger partial charge in [-0.2, -0.15) is 0 Å². The molecule has 2 aliphatic carbocycles. The third kappa shape index (κ3) is 1.96. The van der Waals surface area contributed by atoms with Gasteiger partial charge in [-0.1, -0.05) is 6.42 Å². The zero-order valence-electron chi connectivity index (χ0n) is 8.18. The highest BCUT2D eigenvalue weighted by molar-refractivity contribution is 7.80. The predicted molar refractivity (Wildman–Crippen MR) is 58.6 cm³/mol. The van der Waals surface area contributed by atoms with E-state index < -0.39 is 0 Å². The Morgan fingerprint density at radius 1 is 1.38 bits per heavy atom. The van der Waals surface area contributed by atoms with Crippen LogP contribution in [0.5, 0.6) is 0 Å². The fraction of sp³-hybridized carbons (Fsp3) is 0.900. The highest BCUT2D eigenvalue weighted by atomic mass is 32.1. The molecule has 3 heteroatoms. The summed E-state index contributed by atoms with van der Waals surface area (Å²) in [6.45, 7) is 3.00. The summed E-state index contributed by atoms with van der Waals surface area (Å²) in [5.74, 6) is 1.90. The van der Waals surface area contributed by atoms with E-state index in [1.54, 1.807) is 0 Å². The average Bonchev–Trinajstić information content (AvgIpc) is 2.65. The van der Waals surface area contributed by atoms with Gasteiger partial charge in [0.25, 0.3) is 0 Å². The molecule has 3 atom stereocenters. The van der Waals surface area contributed by atoms with E-state index >= 15 is 0 Å². The largest absolute Gasteiger partial charge is 0.363 e. The van der Waals surface area contributed by atoms with Gasteiger partial charge < -0.3 is 10.6 Å². The lowest BCUT2D eigenvalue weighted by molar-refractivity contribution is 0.389. The Morgan fingerprint density at radius 2 is 2.23 bits per heavy atom. The summed E-state index contributed by atoms with van der Waals surface area (Å²) in [5, 5.41) is 7.43. The van der Waals surface area contributed by atoms with Crippen molar-refractivity contribution in [3.8, 4) is 0 Å². The molecule has 13 heavy (non-hydrogen) atoms. The Hall–Kier alpha value is -0.310. The molecule has 74 valence electrons. The number of fused-ring (bicyclic) bond motifs is 2. The van der Waals surface area contributed by atoms with Gasteiger partial charge in [-0.05, 0) is 50.2 Å². The first kappa shape index (κ1) is 9.25. The Labute approximate surface area is 85.5 Å². The van der Waals surface area contributed by atoms with E-state index in [1.807, 2.05) is 0 Å². The molecule has 2 nitrogen and oxygen atoms in total. The maximum absolute atomic E-state index is 5.18. The molecule has 2 rings (SSSR count). The predicted octanol–water partition coefficient (Wildman–Crippen LogP) is 1.66. The van der Waals surface area contributed by atoms with E-state index in [4.69, 9.17) is 12.2 Å². The number of hydrogen-bond donors (Lipinski definition) is 2. The highest BCUT2D eigenvalue weighted by Crippen LogP contribution is 2.44. The van der Waals surface area contributed by atoms with Crippen molar-refractivity contribution in [1.29, 1.82) is 0 Å². The minimum Gasteiger partial charge on any atom is -0.363 e. The van der Waals surface area contributed by atoms with Gasteiger partial charge in [0.05, 0.1) is 0 Å². The fourth-order valence-electron chi connectivity index (χ4n) is 2.80. The van der Waals surface area contributed by atoms with Crippen molar-refractivity contribution >= 4 is 17.3 Å². The van der Waals surface area contributed by atoms with Gasteiger partial charge in [0.2, 0.25) is 0 Å². The van der Waals surface area contributed by atoms with E-state index in [0.29, 0.717) is 6.04 Å². The van der Waals surface area contributed by atoms with Crippen molar-refractivity contribution in [3.63, 3.8) is 0 Å².